The fourth-order valence-corrected chi connectivity index (χ4v) is 3.31. The number of aromatic nitrogens is 3. The lowest BCUT2D eigenvalue weighted by molar-refractivity contribution is -0.118. The largest absolute Gasteiger partial charge is 0.497 e. The zero-order valence-electron chi connectivity index (χ0n) is 16.0. The van der Waals surface area contributed by atoms with Crippen molar-refractivity contribution in [3.05, 3.63) is 59.9 Å². The number of carbonyl (C=O) groups is 1. The number of carbonyl (C=O) groups excluding carboxylic acids is 1. The predicted molar refractivity (Wildman–Crippen MR) is 108 cm³/mol. The fourth-order valence-electron chi connectivity index (χ4n) is 2.56. The zero-order valence-corrected chi connectivity index (χ0v) is 16.8. The van der Waals surface area contributed by atoms with Crippen molar-refractivity contribution in [1.29, 1.82) is 0 Å². The van der Waals surface area contributed by atoms with Crippen molar-refractivity contribution in [3.8, 4) is 17.2 Å². The van der Waals surface area contributed by atoms with Gasteiger partial charge in [0.1, 0.15) is 17.8 Å². The predicted octanol–water partition coefficient (Wildman–Crippen LogP) is 3.00. The second-order valence-electron chi connectivity index (χ2n) is 6.11. The molecule has 1 aromatic heterocycles. The summed E-state index contributed by atoms with van der Waals surface area (Å²) in [6, 6.07) is 13.6. The molecule has 0 aliphatic heterocycles. The van der Waals surface area contributed by atoms with Crippen molar-refractivity contribution in [3.63, 3.8) is 0 Å². The van der Waals surface area contributed by atoms with Crippen LogP contribution in [0.4, 0.5) is 0 Å². The van der Waals surface area contributed by atoms with Crippen LogP contribution in [-0.4, -0.2) is 40.6 Å². The average Bonchev–Trinajstić information content (AvgIpc) is 3.19. The molecule has 8 heteroatoms. The Morgan fingerprint density at radius 1 is 1.11 bits per heavy atom. The summed E-state index contributed by atoms with van der Waals surface area (Å²) in [6.07, 6.45) is 1.65. The Bertz CT molecular complexity index is 919. The van der Waals surface area contributed by atoms with E-state index in [9.17, 15) is 4.79 Å². The van der Waals surface area contributed by atoms with Gasteiger partial charge in [0.15, 0.2) is 5.16 Å². The molecule has 0 atom stereocenters. The molecule has 7 nitrogen and oxygen atoms in total. The number of hydrogen-bond donors (Lipinski definition) is 1. The van der Waals surface area contributed by atoms with Crippen molar-refractivity contribution < 1.29 is 14.3 Å². The Balaban J connectivity index is 1.57. The SMILES string of the molecule is COc1cc(CNC(=O)CSc2nncn2-c2ccc(C)cc2)cc(OC)c1. The lowest BCUT2D eigenvalue weighted by atomic mass is 10.2. The molecule has 0 unspecified atom stereocenters. The van der Waals surface area contributed by atoms with E-state index in [1.807, 2.05) is 47.9 Å². The van der Waals surface area contributed by atoms with Crippen LogP contribution >= 0.6 is 11.8 Å². The minimum absolute atomic E-state index is 0.0924. The number of rotatable bonds is 8. The van der Waals surface area contributed by atoms with Gasteiger partial charge in [-0.2, -0.15) is 0 Å². The molecule has 1 heterocycles. The molecule has 1 N–H and O–H groups in total. The molecule has 0 bridgehead atoms. The van der Waals surface area contributed by atoms with Gasteiger partial charge < -0.3 is 14.8 Å². The monoisotopic (exact) mass is 398 g/mol. The standard InChI is InChI=1S/C20H22N4O3S/c1-14-4-6-16(7-5-14)24-13-22-23-20(24)28-12-19(25)21-11-15-8-17(26-2)10-18(9-15)27-3/h4-10,13H,11-12H2,1-3H3,(H,21,25). The van der Waals surface area contributed by atoms with Crippen LogP contribution in [-0.2, 0) is 11.3 Å². The highest BCUT2D eigenvalue weighted by molar-refractivity contribution is 7.99. The summed E-state index contributed by atoms with van der Waals surface area (Å²) in [5, 5.41) is 11.6. The third-order valence-electron chi connectivity index (χ3n) is 4.06. The summed E-state index contributed by atoms with van der Waals surface area (Å²) < 4.78 is 12.4. The number of hydrogen-bond acceptors (Lipinski definition) is 6. The van der Waals surface area contributed by atoms with Crippen LogP contribution < -0.4 is 14.8 Å². The quantitative estimate of drug-likeness (QED) is 0.588. The molecule has 146 valence electrons. The molecule has 2 aromatic carbocycles. The minimum Gasteiger partial charge on any atom is -0.497 e. The molecule has 0 spiro atoms. The Kier molecular flexibility index (Phi) is 6.54. The Morgan fingerprint density at radius 3 is 2.43 bits per heavy atom. The lowest BCUT2D eigenvalue weighted by Gasteiger charge is -2.10. The van der Waals surface area contributed by atoms with Gasteiger partial charge in [-0.15, -0.1) is 10.2 Å². The van der Waals surface area contributed by atoms with Crippen LogP contribution in [0.2, 0.25) is 0 Å². The average molecular weight is 398 g/mol. The number of ether oxygens (including phenoxy) is 2. The van der Waals surface area contributed by atoms with Crippen LogP contribution in [0.3, 0.4) is 0 Å². The summed E-state index contributed by atoms with van der Waals surface area (Å²) in [4.78, 5) is 12.3. The van der Waals surface area contributed by atoms with Gasteiger partial charge in [-0.05, 0) is 36.8 Å². The van der Waals surface area contributed by atoms with E-state index in [0.29, 0.717) is 23.2 Å². The van der Waals surface area contributed by atoms with Gasteiger partial charge in [-0.1, -0.05) is 29.5 Å². The van der Waals surface area contributed by atoms with Gasteiger partial charge >= 0.3 is 0 Å². The Morgan fingerprint density at radius 2 is 1.79 bits per heavy atom. The summed E-state index contributed by atoms with van der Waals surface area (Å²) in [6.45, 7) is 2.42. The van der Waals surface area contributed by atoms with Gasteiger partial charge in [0, 0.05) is 18.3 Å². The number of amides is 1. The summed E-state index contributed by atoms with van der Waals surface area (Å²) in [5.41, 5.74) is 3.04. The topological polar surface area (TPSA) is 78.3 Å². The second kappa shape index (κ2) is 9.27. The number of thioether (sulfide) groups is 1. The smallest absolute Gasteiger partial charge is 0.230 e. The first-order valence-corrected chi connectivity index (χ1v) is 9.66. The molecule has 0 radical (unpaired) electrons. The molecule has 0 saturated heterocycles. The first kappa shape index (κ1) is 19.8. The Labute approximate surface area is 168 Å². The van der Waals surface area contributed by atoms with E-state index in [2.05, 4.69) is 15.5 Å². The molecule has 0 aliphatic rings. The van der Waals surface area contributed by atoms with Crippen molar-refractivity contribution in [2.24, 2.45) is 0 Å². The summed E-state index contributed by atoms with van der Waals surface area (Å²) in [5.74, 6) is 1.52. The van der Waals surface area contributed by atoms with E-state index in [1.54, 1.807) is 26.6 Å². The molecular weight excluding hydrogens is 376 g/mol. The first-order valence-electron chi connectivity index (χ1n) is 8.67. The summed E-state index contributed by atoms with van der Waals surface area (Å²) >= 11 is 1.34. The molecule has 0 fully saturated rings. The van der Waals surface area contributed by atoms with Crippen LogP contribution in [0.15, 0.2) is 53.9 Å². The third kappa shape index (κ3) is 5.04. The highest BCUT2D eigenvalue weighted by Gasteiger charge is 2.11. The number of nitrogens with one attached hydrogen (secondary N) is 1. The van der Waals surface area contributed by atoms with Crippen molar-refractivity contribution >= 4 is 17.7 Å². The van der Waals surface area contributed by atoms with Crippen LogP contribution in [0.1, 0.15) is 11.1 Å². The number of methoxy groups -OCH3 is 2. The van der Waals surface area contributed by atoms with E-state index in [-0.39, 0.29) is 11.7 Å². The van der Waals surface area contributed by atoms with Gasteiger partial charge in [-0.25, -0.2) is 0 Å². The maximum Gasteiger partial charge on any atom is 0.230 e. The minimum atomic E-state index is -0.0924. The normalized spacial score (nSPS) is 10.5. The summed E-state index contributed by atoms with van der Waals surface area (Å²) in [7, 11) is 3.19. The van der Waals surface area contributed by atoms with Gasteiger partial charge in [0.25, 0.3) is 0 Å². The van der Waals surface area contributed by atoms with E-state index in [1.165, 1.54) is 17.3 Å². The number of nitrogens with zero attached hydrogens (tertiary/aromatic N) is 3. The fraction of sp³-hybridized carbons (Fsp3) is 0.250. The van der Waals surface area contributed by atoms with Crippen molar-refractivity contribution in [2.45, 2.75) is 18.6 Å². The van der Waals surface area contributed by atoms with E-state index in [0.717, 1.165) is 11.3 Å². The first-order chi connectivity index (χ1) is 13.6. The number of aryl methyl sites for hydroxylation is 1. The highest BCUT2D eigenvalue weighted by atomic mass is 32.2. The molecule has 1 amide bonds. The van der Waals surface area contributed by atoms with Gasteiger partial charge in [0.2, 0.25) is 5.91 Å². The van der Waals surface area contributed by atoms with Gasteiger partial charge in [0.05, 0.1) is 20.0 Å². The zero-order chi connectivity index (χ0) is 19.9. The molecule has 3 rings (SSSR count). The molecule has 28 heavy (non-hydrogen) atoms. The third-order valence-corrected chi connectivity index (χ3v) is 5.00. The maximum atomic E-state index is 12.3. The highest BCUT2D eigenvalue weighted by Crippen LogP contribution is 2.23. The van der Waals surface area contributed by atoms with Crippen molar-refractivity contribution in [2.75, 3.05) is 20.0 Å². The molecule has 0 saturated carbocycles. The molecular formula is C20H22N4O3S. The van der Waals surface area contributed by atoms with Crippen LogP contribution in [0.25, 0.3) is 5.69 Å². The molecule has 0 aliphatic carbocycles. The maximum absolute atomic E-state index is 12.3. The van der Waals surface area contributed by atoms with E-state index in [4.69, 9.17) is 9.47 Å². The second-order valence-corrected chi connectivity index (χ2v) is 7.05. The van der Waals surface area contributed by atoms with Gasteiger partial charge in [-0.3, -0.25) is 9.36 Å². The van der Waals surface area contributed by atoms with E-state index < -0.39 is 0 Å². The van der Waals surface area contributed by atoms with Crippen molar-refractivity contribution in [1.82, 2.24) is 20.1 Å². The van der Waals surface area contributed by atoms with Crippen LogP contribution in [0, 0.1) is 6.92 Å². The number of benzene rings is 2. The van der Waals surface area contributed by atoms with Crippen LogP contribution in [0.5, 0.6) is 11.5 Å². The lowest BCUT2D eigenvalue weighted by Crippen LogP contribution is -2.24. The Hall–Kier alpha value is -3.00. The molecule has 3 aromatic rings. The van der Waals surface area contributed by atoms with E-state index >= 15 is 0 Å².